The lowest BCUT2D eigenvalue weighted by atomic mass is 10.1. The van der Waals surface area contributed by atoms with E-state index in [1.165, 1.54) is 16.2 Å². The molecule has 2 amide bonds. The van der Waals surface area contributed by atoms with Crippen LogP contribution in [0, 0.1) is 6.92 Å². The summed E-state index contributed by atoms with van der Waals surface area (Å²) in [5, 5.41) is 3.75. The molecule has 2 aromatic carbocycles. The average Bonchev–Trinajstić information content (AvgIpc) is 3.08. The third-order valence-electron chi connectivity index (χ3n) is 4.06. The number of aromatic nitrogens is 1. The maximum atomic E-state index is 12.6. The summed E-state index contributed by atoms with van der Waals surface area (Å²) in [6.07, 6.45) is 0. The lowest BCUT2D eigenvalue weighted by Gasteiger charge is -2.11. The van der Waals surface area contributed by atoms with Crippen LogP contribution < -0.4 is 5.32 Å². The number of carbonyl (C=O) groups is 2. The minimum absolute atomic E-state index is 0.0611. The summed E-state index contributed by atoms with van der Waals surface area (Å²) >= 11 is 1.38. The SMILES string of the molecule is Cc1nc(-c2ccccc2)sc1C(=O)NCc1cccc(C(=O)N(C)C)c1. The van der Waals surface area contributed by atoms with Gasteiger partial charge < -0.3 is 10.2 Å². The molecule has 0 fully saturated rings. The molecule has 0 radical (unpaired) electrons. The van der Waals surface area contributed by atoms with Crippen LogP contribution in [0.1, 0.15) is 31.3 Å². The summed E-state index contributed by atoms with van der Waals surface area (Å²) in [6.45, 7) is 2.19. The van der Waals surface area contributed by atoms with Crippen LogP contribution in [-0.2, 0) is 6.54 Å². The highest BCUT2D eigenvalue weighted by atomic mass is 32.1. The van der Waals surface area contributed by atoms with Crippen LogP contribution in [0.15, 0.2) is 54.6 Å². The predicted molar refractivity (Wildman–Crippen MR) is 108 cm³/mol. The average molecular weight is 379 g/mol. The van der Waals surface area contributed by atoms with Gasteiger partial charge in [0.15, 0.2) is 0 Å². The second kappa shape index (κ2) is 8.14. The van der Waals surface area contributed by atoms with Crippen molar-refractivity contribution in [3.05, 3.63) is 76.3 Å². The molecule has 0 bridgehead atoms. The third kappa shape index (κ3) is 4.41. The molecular weight excluding hydrogens is 358 g/mol. The van der Waals surface area contributed by atoms with Gasteiger partial charge in [-0.25, -0.2) is 4.98 Å². The van der Waals surface area contributed by atoms with Gasteiger partial charge >= 0.3 is 0 Å². The molecule has 138 valence electrons. The number of benzene rings is 2. The predicted octanol–water partition coefficient (Wildman–Crippen LogP) is 3.75. The van der Waals surface area contributed by atoms with Gasteiger partial charge in [0.1, 0.15) is 9.88 Å². The van der Waals surface area contributed by atoms with Crippen molar-refractivity contribution >= 4 is 23.2 Å². The van der Waals surface area contributed by atoms with Gasteiger partial charge in [-0.15, -0.1) is 11.3 Å². The van der Waals surface area contributed by atoms with Crippen LogP contribution in [-0.4, -0.2) is 35.8 Å². The summed E-state index contributed by atoms with van der Waals surface area (Å²) < 4.78 is 0. The summed E-state index contributed by atoms with van der Waals surface area (Å²) in [6, 6.07) is 17.1. The number of nitrogens with zero attached hydrogens (tertiary/aromatic N) is 2. The molecule has 6 heteroatoms. The standard InChI is InChI=1S/C21H21N3O2S/c1-14-18(27-20(23-14)16-9-5-4-6-10-16)19(25)22-13-15-8-7-11-17(12-15)21(26)24(2)3/h4-12H,13H2,1-3H3,(H,22,25). The quantitative estimate of drug-likeness (QED) is 0.734. The largest absolute Gasteiger partial charge is 0.347 e. The van der Waals surface area contributed by atoms with Crippen molar-refractivity contribution in [3.8, 4) is 10.6 Å². The van der Waals surface area contributed by atoms with Gasteiger partial charge in [-0.3, -0.25) is 9.59 Å². The zero-order valence-corrected chi connectivity index (χ0v) is 16.3. The van der Waals surface area contributed by atoms with E-state index in [0.717, 1.165) is 16.1 Å². The zero-order chi connectivity index (χ0) is 19.4. The van der Waals surface area contributed by atoms with Crippen LogP contribution in [0.3, 0.4) is 0 Å². The van der Waals surface area contributed by atoms with Gasteiger partial charge in [-0.1, -0.05) is 42.5 Å². The molecule has 27 heavy (non-hydrogen) atoms. The van der Waals surface area contributed by atoms with Crippen LogP contribution in [0.2, 0.25) is 0 Å². The molecule has 0 saturated heterocycles. The fraction of sp³-hybridized carbons (Fsp3) is 0.190. The molecule has 0 atom stereocenters. The van der Waals surface area contributed by atoms with E-state index in [1.807, 2.05) is 49.4 Å². The normalized spacial score (nSPS) is 10.5. The van der Waals surface area contributed by atoms with Crippen molar-refractivity contribution < 1.29 is 9.59 Å². The van der Waals surface area contributed by atoms with Gasteiger partial charge in [0.2, 0.25) is 0 Å². The van der Waals surface area contributed by atoms with Crippen molar-refractivity contribution in [1.29, 1.82) is 0 Å². The molecular formula is C21H21N3O2S. The Bertz CT molecular complexity index is 965. The third-order valence-corrected chi connectivity index (χ3v) is 5.26. The second-order valence-electron chi connectivity index (χ2n) is 6.38. The van der Waals surface area contributed by atoms with E-state index in [4.69, 9.17) is 0 Å². The molecule has 0 aliphatic carbocycles. The van der Waals surface area contributed by atoms with Gasteiger partial charge in [0.25, 0.3) is 11.8 Å². The minimum Gasteiger partial charge on any atom is -0.347 e. The summed E-state index contributed by atoms with van der Waals surface area (Å²) in [4.78, 5) is 31.3. The Hall–Kier alpha value is -2.99. The molecule has 5 nitrogen and oxygen atoms in total. The van der Waals surface area contributed by atoms with Crippen molar-refractivity contribution in [3.63, 3.8) is 0 Å². The fourth-order valence-corrected chi connectivity index (χ4v) is 3.63. The molecule has 0 spiro atoms. The number of rotatable bonds is 5. The van der Waals surface area contributed by atoms with E-state index in [9.17, 15) is 9.59 Å². The molecule has 3 rings (SSSR count). The van der Waals surface area contributed by atoms with Crippen molar-refractivity contribution in [2.75, 3.05) is 14.1 Å². The number of hydrogen-bond donors (Lipinski definition) is 1. The number of aryl methyl sites for hydroxylation is 1. The molecule has 0 saturated carbocycles. The second-order valence-corrected chi connectivity index (χ2v) is 7.38. The first-order valence-electron chi connectivity index (χ1n) is 8.57. The highest BCUT2D eigenvalue weighted by Crippen LogP contribution is 2.27. The lowest BCUT2D eigenvalue weighted by molar-refractivity contribution is 0.0827. The van der Waals surface area contributed by atoms with E-state index in [1.54, 1.807) is 26.2 Å². The van der Waals surface area contributed by atoms with E-state index in [0.29, 0.717) is 22.7 Å². The smallest absolute Gasteiger partial charge is 0.263 e. The Labute approximate surface area is 162 Å². The topological polar surface area (TPSA) is 62.3 Å². The number of carbonyl (C=O) groups excluding carboxylic acids is 2. The minimum atomic E-state index is -0.156. The first-order valence-corrected chi connectivity index (χ1v) is 9.39. The Morgan fingerprint density at radius 2 is 1.81 bits per heavy atom. The van der Waals surface area contributed by atoms with Crippen molar-refractivity contribution in [2.24, 2.45) is 0 Å². The molecule has 1 aromatic heterocycles. The van der Waals surface area contributed by atoms with Crippen molar-refractivity contribution in [2.45, 2.75) is 13.5 Å². The first-order chi connectivity index (χ1) is 13.0. The van der Waals surface area contributed by atoms with Crippen LogP contribution in [0.5, 0.6) is 0 Å². The van der Waals surface area contributed by atoms with E-state index in [2.05, 4.69) is 10.3 Å². The molecule has 1 heterocycles. The summed E-state index contributed by atoms with van der Waals surface area (Å²) in [7, 11) is 3.43. The highest BCUT2D eigenvalue weighted by Gasteiger charge is 2.16. The van der Waals surface area contributed by atoms with Gasteiger partial charge in [-0.05, 0) is 24.6 Å². The number of hydrogen-bond acceptors (Lipinski definition) is 4. The van der Waals surface area contributed by atoms with Crippen molar-refractivity contribution in [1.82, 2.24) is 15.2 Å². The Balaban J connectivity index is 1.71. The maximum absolute atomic E-state index is 12.6. The molecule has 0 aliphatic rings. The zero-order valence-electron chi connectivity index (χ0n) is 15.5. The van der Waals surface area contributed by atoms with E-state index < -0.39 is 0 Å². The van der Waals surface area contributed by atoms with E-state index in [-0.39, 0.29) is 11.8 Å². The molecule has 0 unspecified atom stereocenters. The molecule has 1 N–H and O–H groups in total. The monoisotopic (exact) mass is 379 g/mol. The molecule has 3 aromatic rings. The van der Waals surface area contributed by atoms with Gasteiger partial charge in [-0.2, -0.15) is 0 Å². The van der Waals surface area contributed by atoms with Crippen LogP contribution in [0.4, 0.5) is 0 Å². The van der Waals surface area contributed by atoms with E-state index >= 15 is 0 Å². The lowest BCUT2D eigenvalue weighted by Crippen LogP contribution is -2.24. The Kier molecular flexibility index (Phi) is 5.66. The van der Waals surface area contributed by atoms with Crippen LogP contribution in [0.25, 0.3) is 10.6 Å². The number of thiazole rings is 1. The van der Waals surface area contributed by atoms with Gasteiger partial charge in [0.05, 0.1) is 5.69 Å². The Morgan fingerprint density at radius 3 is 2.52 bits per heavy atom. The highest BCUT2D eigenvalue weighted by molar-refractivity contribution is 7.17. The fourth-order valence-electron chi connectivity index (χ4n) is 2.65. The van der Waals surface area contributed by atoms with Gasteiger partial charge in [0, 0.05) is 31.8 Å². The number of amides is 2. The Morgan fingerprint density at radius 1 is 1.07 bits per heavy atom. The first kappa shape index (κ1) is 18.8. The summed E-state index contributed by atoms with van der Waals surface area (Å²) in [5.74, 6) is -0.217. The molecule has 0 aliphatic heterocycles. The van der Waals surface area contributed by atoms with Crippen LogP contribution >= 0.6 is 11.3 Å². The summed E-state index contributed by atoms with van der Waals surface area (Å²) in [5.41, 5.74) is 3.20. The maximum Gasteiger partial charge on any atom is 0.263 e. The number of nitrogens with one attached hydrogen (secondary N) is 1.